The second-order valence-electron chi connectivity index (χ2n) is 6.86. The van der Waals surface area contributed by atoms with Crippen molar-refractivity contribution in [1.82, 2.24) is 4.68 Å². The highest BCUT2D eigenvalue weighted by Crippen LogP contribution is 2.39. The zero-order valence-electron chi connectivity index (χ0n) is 18.4. The molecule has 0 N–H and O–H groups in total. The molecule has 0 atom stereocenters. The van der Waals surface area contributed by atoms with Gasteiger partial charge >= 0.3 is 0 Å². The van der Waals surface area contributed by atoms with Crippen LogP contribution in [-0.4, -0.2) is 39.3 Å². The van der Waals surface area contributed by atoms with Gasteiger partial charge in [-0.25, -0.2) is 4.68 Å². The van der Waals surface area contributed by atoms with Crippen molar-refractivity contribution in [3.63, 3.8) is 0 Å². The Labute approximate surface area is 181 Å². The smallest absolute Gasteiger partial charge is 0.205 e. The van der Waals surface area contributed by atoms with Crippen LogP contribution >= 0.6 is 11.3 Å². The largest absolute Gasteiger partial charge is 0.493 e. The van der Waals surface area contributed by atoms with Crippen molar-refractivity contribution < 1.29 is 14.2 Å². The van der Waals surface area contributed by atoms with Gasteiger partial charge in [0.15, 0.2) is 11.5 Å². The number of nitrogens with zero attached hydrogens (tertiary/aromatic N) is 3. The third kappa shape index (κ3) is 3.98. The van der Waals surface area contributed by atoms with Crippen LogP contribution in [-0.2, 0) is 0 Å². The van der Waals surface area contributed by atoms with Gasteiger partial charge in [-0.1, -0.05) is 6.07 Å². The van der Waals surface area contributed by atoms with Gasteiger partial charge in [-0.2, -0.15) is 5.10 Å². The maximum atomic E-state index is 5.57. The summed E-state index contributed by atoms with van der Waals surface area (Å²) in [4.78, 5) is 5.20. The highest BCUT2D eigenvalue weighted by Gasteiger charge is 2.15. The van der Waals surface area contributed by atoms with Crippen molar-refractivity contribution in [2.45, 2.75) is 20.8 Å². The minimum atomic E-state index is 0.532. The molecular weight excluding hydrogens is 398 g/mol. The van der Waals surface area contributed by atoms with Crippen molar-refractivity contribution >= 4 is 17.6 Å². The number of hydrogen-bond donors (Lipinski definition) is 0. The fraction of sp³-hybridized carbons (Fsp3) is 0.304. The molecule has 7 heteroatoms. The molecule has 1 heterocycles. The number of methoxy groups -OCH3 is 3. The fourth-order valence-electron chi connectivity index (χ4n) is 3.33. The second-order valence-corrected chi connectivity index (χ2v) is 7.69. The molecule has 6 nitrogen and oxygen atoms in total. The number of rotatable bonds is 6. The van der Waals surface area contributed by atoms with E-state index in [1.165, 1.54) is 16.7 Å². The maximum Gasteiger partial charge on any atom is 0.205 e. The molecule has 1 aromatic heterocycles. The van der Waals surface area contributed by atoms with Gasteiger partial charge in [0.1, 0.15) is 0 Å². The van der Waals surface area contributed by atoms with Gasteiger partial charge < -0.3 is 14.2 Å². The lowest BCUT2D eigenvalue weighted by Gasteiger charge is -2.14. The average Bonchev–Trinajstić information content (AvgIpc) is 3.16. The number of ether oxygens (including phenoxy) is 3. The molecule has 0 aliphatic rings. The number of thiazole rings is 1. The fourth-order valence-corrected chi connectivity index (χ4v) is 4.13. The molecular formula is C23H27N3O3S. The van der Waals surface area contributed by atoms with Crippen molar-refractivity contribution in [2.75, 3.05) is 28.4 Å². The van der Waals surface area contributed by atoms with Crippen molar-refractivity contribution in [3.05, 3.63) is 56.7 Å². The molecule has 0 aliphatic heterocycles. The van der Waals surface area contributed by atoms with E-state index in [2.05, 4.69) is 43.3 Å². The van der Waals surface area contributed by atoms with E-state index in [1.54, 1.807) is 45.9 Å². The van der Waals surface area contributed by atoms with Crippen LogP contribution in [0.4, 0.5) is 0 Å². The van der Waals surface area contributed by atoms with E-state index in [4.69, 9.17) is 19.3 Å². The minimum Gasteiger partial charge on any atom is -0.493 e. The van der Waals surface area contributed by atoms with E-state index in [9.17, 15) is 0 Å². The summed E-state index contributed by atoms with van der Waals surface area (Å²) in [5, 5.41) is 6.83. The Hall–Kier alpha value is -3.06. The van der Waals surface area contributed by atoms with Crippen LogP contribution in [0.5, 0.6) is 17.2 Å². The number of benzene rings is 2. The third-order valence-corrected chi connectivity index (χ3v) is 5.95. The predicted molar refractivity (Wildman–Crippen MR) is 123 cm³/mol. The van der Waals surface area contributed by atoms with Gasteiger partial charge in [0.05, 0.1) is 33.2 Å². The molecule has 0 saturated heterocycles. The predicted octanol–water partition coefficient (Wildman–Crippen LogP) is 4.58. The van der Waals surface area contributed by atoms with Gasteiger partial charge in [0.25, 0.3) is 0 Å². The first-order valence-electron chi connectivity index (χ1n) is 9.50. The zero-order valence-corrected chi connectivity index (χ0v) is 19.3. The van der Waals surface area contributed by atoms with Crippen LogP contribution < -0.4 is 19.0 Å². The summed E-state index contributed by atoms with van der Waals surface area (Å²) >= 11 is 1.56. The summed E-state index contributed by atoms with van der Waals surface area (Å²) in [7, 11) is 6.55. The first kappa shape index (κ1) is 21.6. The molecule has 0 aliphatic carbocycles. The quantitative estimate of drug-likeness (QED) is 0.543. The Bertz CT molecular complexity index is 1160. The van der Waals surface area contributed by atoms with Gasteiger partial charge in [-0.05, 0) is 55.7 Å². The molecule has 0 bridgehead atoms. The van der Waals surface area contributed by atoms with Crippen LogP contribution in [0.15, 0.2) is 39.7 Å². The summed E-state index contributed by atoms with van der Waals surface area (Å²) in [6.07, 6.45) is 1.75. The normalized spacial score (nSPS) is 11.9. The summed E-state index contributed by atoms with van der Waals surface area (Å²) < 4.78 is 18.3. The minimum absolute atomic E-state index is 0.532. The molecule has 0 radical (unpaired) electrons. The van der Waals surface area contributed by atoms with Crippen LogP contribution in [0.3, 0.4) is 0 Å². The Kier molecular flexibility index (Phi) is 6.62. The lowest BCUT2D eigenvalue weighted by Crippen LogP contribution is -2.12. The summed E-state index contributed by atoms with van der Waals surface area (Å²) in [5.41, 5.74) is 6.63. The van der Waals surface area contributed by atoms with Crippen LogP contribution in [0.25, 0.3) is 11.3 Å². The Morgan fingerprint density at radius 2 is 1.60 bits per heavy atom. The maximum absolute atomic E-state index is 5.57. The van der Waals surface area contributed by atoms with Crippen LogP contribution in [0.2, 0.25) is 0 Å². The summed E-state index contributed by atoms with van der Waals surface area (Å²) in [6.45, 7) is 6.37. The Morgan fingerprint density at radius 3 is 2.23 bits per heavy atom. The van der Waals surface area contributed by atoms with Gasteiger partial charge in [0, 0.05) is 23.6 Å². The molecule has 3 rings (SSSR count). The molecule has 2 aromatic carbocycles. The molecule has 0 amide bonds. The summed E-state index contributed by atoms with van der Waals surface area (Å²) in [5.74, 6) is 1.70. The third-order valence-electron chi connectivity index (χ3n) is 5.04. The Morgan fingerprint density at radius 1 is 0.900 bits per heavy atom. The second kappa shape index (κ2) is 9.17. The van der Waals surface area contributed by atoms with Gasteiger partial charge in [-0.15, -0.1) is 11.3 Å². The summed E-state index contributed by atoms with van der Waals surface area (Å²) in [6, 6.07) is 8.13. The molecule has 0 unspecified atom stereocenters. The van der Waals surface area contributed by atoms with Crippen LogP contribution in [0.1, 0.15) is 22.3 Å². The van der Waals surface area contributed by atoms with E-state index >= 15 is 0 Å². The number of aromatic nitrogens is 1. The van der Waals surface area contributed by atoms with Gasteiger partial charge in [-0.3, -0.25) is 4.99 Å². The van der Waals surface area contributed by atoms with E-state index < -0.39 is 0 Å². The average molecular weight is 426 g/mol. The molecule has 0 fully saturated rings. The number of aryl methyl sites for hydroxylation is 3. The van der Waals surface area contributed by atoms with Crippen molar-refractivity contribution in [1.29, 1.82) is 0 Å². The topological polar surface area (TPSA) is 57.3 Å². The lowest BCUT2D eigenvalue weighted by molar-refractivity contribution is 0.324. The first-order chi connectivity index (χ1) is 14.4. The highest BCUT2D eigenvalue weighted by molar-refractivity contribution is 7.07. The standard InChI is InChI=1S/C23H27N3O3S/c1-14-10-16(3)18(11-15(14)2)19-13-30-23(24-4)26(19)25-12-17-8-9-20(27-5)22(29-7)21(17)28-6/h8-13H,1-7H3. The van der Waals surface area contributed by atoms with E-state index in [1.807, 2.05) is 16.8 Å². The number of hydrogen-bond acceptors (Lipinski definition) is 6. The molecule has 3 aromatic rings. The van der Waals surface area contributed by atoms with E-state index in [-0.39, 0.29) is 0 Å². The monoisotopic (exact) mass is 425 g/mol. The SMILES string of the molecule is CN=c1scc(-c2cc(C)c(C)cc2C)n1N=Cc1ccc(OC)c(OC)c1OC. The molecule has 0 saturated carbocycles. The highest BCUT2D eigenvalue weighted by atomic mass is 32.1. The molecule has 0 spiro atoms. The molecule has 158 valence electrons. The van der Waals surface area contributed by atoms with E-state index in [0.717, 1.165) is 21.6 Å². The Balaban J connectivity index is 2.14. The van der Waals surface area contributed by atoms with E-state index in [0.29, 0.717) is 17.2 Å². The zero-order chi connectivity index (χ0) is 21.8. The van der Waals surface area contributed by atoms with Crippen molar-refractivity contribution in [2.24, 2.45) is 10.1 Å². The lowest BCUT2D eigenvalue weighted by atomic mass is 9.99. The van der Waals surface area contributed by atoms with Gasteiger partial charge in [0.2, 0.25) is 10.6 Å². The molecule has 30 heavy (non-hydrogen) atoms. The first-order valence-corrected chi connectivity index (χ1v) is 10.4. The van der Waals surface area contributed by atoms with Crippen molar-refractivity contribution in [3.8, 4) is 28.5 Å². The van der Waals surface area contributed by atoms with Crippen LogP contribution in [0, 0.1) is 20.8 Å².